The van der Waals surface area contributed by atoms with Crippen LogP contribution < -0.4 is 21.5 Å². The third-order valence-corrected chi connectivity index (χ3v) is 6.49. The quantitative estimate of drug-likeness (QED) is 0.364. The van der Waals surface area contributed by atoms with E-state index in [1.807, 2.05) is 12.1 Å². The predicted molar refractivity (Wildman–Crippen MR) is 137 cm³/mol. The van der Waals surface area contributed by atoms with E-state index in [1.165, 1.54) is 16.7 Å². The fourth-order valence-corrected chi connectivity index (χ4v) is 4.58. The van der Waals surface area contributed by atoms with E-state index in [1.54, 1.807) is 36.4 Å². The maximum Gasteiger partial charge on any atom is 0.407 e. The van der Waals surface area contributed by atoms with Gasteiger partial charge in [-0.1, -0.05) is 36.4 Å². The molecule has 194 valence electrons. The molecule has 2 aromatic carbocycles. The third kappa shape index (κ3) is 5.66. The van der Waals surface area contributed by atoms with E-state index >= 15 is 0 Å². The number of nitrogens with zero attached hydrogens (tertiary/aromatic N) is 3. The molecule has 4 rings (SSSR count). The number of piperidine rings is 1. The maximum atomic E-state index is 12.6. The summed E-state index contributed by atoms with van der Waals surface area (Å²) in [6.45, 7) is 1.55. The van der Waals surface area contributed by atoms with Crippen LogP contribution >= 0.6 is 0 Å². The normalized spacial score (nSPS) is 15.3. The van der Waals surface area contributed by atoms with E-state index in [9.17, 15) is 19.5 Å². The number of hydrogen-bond acceptors (Lipinski definition) is 6. The highest BCUT2D eigenvalue weighted by atomic mass is 16.5. The Labute approximate surface area is 214 Å². The number of aromatic nitrogens is 2. The SMILES string of the molecule is COc1ccccc1C(=O)NCc1ccc(-c2nn(C[C@H]3CCCN(C(=O)O)C3)c(N)c2C(N)=O)cc1. The van der Waals surface area contributed by atoms with E-state index in [2.05, 4.69) is 10.4 Å². The van der Waals surface area contributed by atoms with Gasteiger partial charge in [-0.05, 0) is 36.5 Å². The highest BCUT2D eigenvalue weighted by molar-refractivity contribution is 6.03. The van der Waals surface area contributed by atoms with Crippen LogP contribution in [0.4, 0.5) is 10.6 Å². The summed E-state index contributed by atoms with van der Waals surface area (Å²) in [6, 6.07) is 14.2. The van der Waals surface area contributed by atoms with Gasteiger partial charge in [0.15, 0.2) is 0 Å². The molecule has 0 unspecified atom stereocenters. The Morgan fingerprint density at radius 3 is 2.57 bits per heavy atom. The molecule has 37 heavy (non-hydrogen) atoms. The van der Waals surface area contributed by atoms with Crippen LogP contribution in [0.1, 0.15) is 39.1 Å². The second-order valence-electron chi connectivity index (χ2n) is 8.97. The summed E-state index contributed by atoms with van der Waals surface area (Å²) in [4.78, 5) is 37.5. The zero-order valence-corrected chi connectivity index (χ0v) is 20.5. The second-order valence-corrected chi connectivity index (χ2v) is 8.97. The molecule has 0 saturated carbocycles. The summed E-state index contributed by atoms with van der Waals surface area (Å²) in [7, 11) is 1.51. The molecule has 1 aliphatic heterocycles. The minimum Gasteiger partial charge on any atom is -0.496 e. The highest BCUT2D eigenvalue weighted by Crippen LogP contribution is 2.29. The van der Waals surface area contributed by atoms with Gasteiger partial charge in [0, 0.05) is 31.7 Å². The first-order valence-corrected chi connectivity index (χ1v) is 11.9. The van der Waals surface area contributed by atoms with Gasteiger partial charge < -0.3 is 31.5 Å². The van der Waals surface area contributed by atoms with Gasteiger partial charge in [-0.15, -0.1) is 0 Å². The van der Waals surface area contributed by atoms with Gasteiger partial charge in [0.25, 0.3) is 11.8 Å². The van der Waals surface area contributed by atoms with Crippen LogP contribution in [0.25, 0.3) is 11.3 Å². The smallest absolute Gasteiger partial charge is 0.407 e. The number of para-hydroxylation sites is 1. The average Bonchev–Trinajstić information content (AvgIpc) is 3.23. The standard InChI is InChI=1S/C26H30N6O5/c1-37-20-7-3-2-6-19(20)25(34)29-13-16-8-10-18(11-9-16)22-21(24(28)33)23(27)32(30-22)15-17-5-4-12-31(14-17)26(35)36/h2-3,6-11,17H,4-5,12-15,27H2,1H3,(H2,28,33)(H,29,34)(H,35,36)/t17-/m0/s1. The first kappa shape index (κ1) is 25.5. The number of benzene rings is 2. The Kier molecular flexibility index (Phi) is 7.61. The maximum absolute atomic E-state index is 12.6. The van der Waals surface area contributed by atoms with Crippen molar-refractivity contribution in [3.8, 4) is 17.0 Å². The highest BCUT2D eigenvalue weighted by Gasteiger charge is 2.27. The van der Waals surface area contributed by atoms with Crippen molar-refractivity contribution in [1.82, 2.24) is 20.0 Å². The van der Waals surface area contributed by atoms with E-state index in [4.69, 9.17) is 16.2 Å². The first-order chi connectivity index (χ1) is 17.8. The fourth-order valence-electron chi connectivity index (χ4n) is 4.58. The van der Waals surface area contributed by atoms with Gasteiger partial charge >= 0.3 is 6.09 Å². The summed E-state index contributed by atoms with van der Waals surface area (Å²) < 4.78 is 6.78. The van der Waals surface area contributed by atoms with Crippen molar-refractivity contribution in [2.45, 2.75) is 25.9 Å². The number of nitrogen functional groups attached to an aromatic ring is 1. The van der Waals surface area contributed by atoms with Gasteiger partial charge in [-0.2, -0.15) is 5.10 Å². The largest absolute Gasteiger partial charge is 0.496 e. The Hall–Kier alpha value is -4.54. The summed E-state index contributed by atoms with van der Waals surface area (Å²) in [5.41, 5.74) is 14.3. The molecule has 1 aliphatic rings. The van der Waals surface area contributed by atoms with Crippen LogP contribution in [0.15, 0.2) is 48.5 Å². The van der Waals surface area contributed by atoms with Crippen LogP contribution in [-0.2, 0) is 13.1 Å². The van der Waals surface area contributed by atoms with Crippen molar-refractivity contribution < 1.29 is 24.2 Å². The zero-order valence-electron chi connectivity index (χ0n) is 20.5. The van der Waals surface area contributed by atoms with Crippen molar-refractivity contribution in [3.05, 3.63) is 65.2 Å². The van der Waals surface area contributed by atoms with E-state index in [-0.39, 0.29) is 29.8 Å². The predicted octanol–water partition coefficient (Wildman–Crippen LogP) is 2.56. The number of nitrogens with one attached hydrogen (secondary N) is 1. The lowest BCUT2D eigenvalue weighted by atomic mass is 9.98. The topological polar surface area (TPSA) is 166 Å². The number of ether oxygens (including phenoxy) is 1. The number of carboxylic acid groups (broad SMARTS) is 1. The summed E-state index contributed by atoms with van der Waals surface area (Å²) >= 11 is 0. The number of carbonyl (C=O) groups excluding carboxylic acids is 2. The van der Waals surface area contributed by atoms with Crippen LogP contribution in [0, 0.1) is 5.92 Å². The van der Waals surface area contributed by atoms with Gasteiger partial charge in [-0.25, -0.2) is 9.48 Å². The minimum atomic E-state index is -0.948. The molecule has 0 aliphatic carbocycles. The summed E-state index contributed by atoms with van der Waals surface area (Å²) in [5, 5.41) is 16.7. The molecule has 0 bridgehead atoms. The van der Waals surface area contributed by atoms with Crippen LogP contribution in [0.5, 0.6) is 5.75 Å². The average molecular weight is 507 g/mol. The number of amides is 3. The molecular formula is C26H30N6O5. The number of likely N-dealkylation sites (tertiary alicyclic amines) is 1. The number of carbonyl (C=O) groups is 3. The molecule has 1 aromatic heterocycles. The Morgan fingerprint density at radius 1 is 1.16 bits per heavy atom. The molecule has 11 heteroatoms. The number of methoxy groups -OCH3 is 1. The van der Waals surface area contributed by atoms with Gasteiger partial charge in [-0.3, -0.25) is 9.59 Å². The number of anilines is 1. The van der Waals surface area contributed by atoms with E-state index in [0.717, 1.165) is 18.4 Å². The summed E-state index contributed by atoms with van der Waals surface area (Å²) in [6.07, 6.45) is 0.637. The molecule has 11 nitrogen and oxygen atoms in total. The number of nitrogens with two attached hydrogens (primary N) is 2. The molecule has 3 aromatic rings. The van der Waals surface area contributed by atoms with Crippen molar-refractivity contribution >= 4 is 23.7 Å². The number of hydrogen-bond donors (Lipinski definition) is 4. The van der Waals surface area contributed by atoms with E-state index < -0.39 is 12.0 Å². The Balaban J connectivity index is 1.49. The van der Waals surface area contributed by atoms with Gasteiger partial charge in [0.2, 0.25) is 0 Å². The monoisotopic (exact) mass is 506 g/mol. The molecule has 2 heterocycles. The molecule has 0 spiro atoms. The number of primary amides is 1. The van der Waals surface area contributed by atoms with Crippen molar-refractivity contribution in [3.63, 3.8) is 0 Å². The van der Waals surface area contributed by atoms with Crippen molar-refractivity contribution in [1.29, 1.82) is 0 Å². The second kappa shape index (κ2) is 11.0. The van der Waals surface area contributed by atoms with Crippen molar-refractivity contribution in [2.75, 3.05) is 25.9 Å². The summed E-state index contributed by atoms with van der Waals surface area (Å²) in [5.74, 6) is -0.278. The number of rotatable bonds is 8. The van der Waals surface area contributed by atoms with Crippen LogP contribution in [0.3, 0.4) is 0 Å². The molecule has 3 amide bonds. The third-order valence-electron chi connectivity index (χ3n) is 6.49. The Morgan fingerprint density at radius 2 is 1.89 bits per heavy atom. The first-order valence-electron chi connectivity index (χ1n) is 11.9. The molecule has 1 fully saturated rings. The minimum absolute atomic E-state index is 0.0230. The fraction of sp³-hybridized carbons (Fsp3) is 0.308. The molecule has 0 radical (unpaired) electrons. The van der Waals surface area contributed by atoms with Crippen molar-refractivity contribution in [2.24, 2.45) is 11.7 Å². The lowest BCUT2D eigenvalue weighted by Gasteiger charge is -2.30. The lowest BCUT2D eigenvalue weighted by Crippen LogP contribution is -2.40. The molecule has 1 saturated heterocycles. The van der Waals surface area contributed by atoms with E-state index in [0.29, 0.717) is 42.2 Å². The Bertz CT molecular complexity index is 1300. The molecule has 1 atom stereocenters. The van der Waals surface area contributed by atoms with Crippen LogP contribution in [0.2, 0.25) is 0 Å². The van der Waals surface area contributed by atoms with Crippen LogP contribution in [-0.4, -0.2) is 57.9 Å². The molecular weight excluding hydrogens is 476 g/mol. The van der Waals surface area contributed by atoms with Gasteiger partial charge in [0.05, 0.1) is 12.7 Å². The zero-order chi connectivity index (χ0) is 26.5. The lowest BCUT2D eigenvalue weighted by molar-refractivity contribution is 0.0946. The van der Waals surface area contributed by atoms with Gasteiger partial charge in [0.1, 0.15) is 22.8 Å². The molecule has 6 N–H and O–H groups in total.